The molecule has 0 amide bonds. The van der Waals surface area contributed by atoms with Gasteiger partial charge in [-0.05, 0) is 25.7 Å². The van der Waals surface area contributed by atoms with Crippen molar-refractivity contribution >= 4 is 10.1 Å². The fourth-order valence-electron chi connectivity index (χ4n) is 2.72. The average molecular weight is 347 g/mol. The number of allylic oxidation sites excluding steroid dienone is 2. The fourth-order valence-corrected chi connectivity index (χ4v) is 3.25. The van der Waals surface area contributed by atoms with E-state index in [1.807, 2.05) is 6.08 Å². The highest BCUT2D eigenvalue weighted by atomic mass is 32.2. The van der Waals surface area contributed by atoms with Crippen molar-refractivity contribution in [1.82, 2.24) is 0 Å². The molecule has 0 saturated carbocycles. The quantitative estimate of drug-likeness (QED) is 0.191. The maximum atomic E-state index is 10.5. The molecule has 0 aromatic carbocycles. The second-order valence-corrected chi connectivity index (χ2v) is 8.15. The molecule has 138 valence electrons. The lowest BCUT2D eigenvalue weighted by atomic mass is 10.0. The van der Waals surface area contributed by atoms with E-state index in [9.17, 15) is 8.42 Å². The Morgan fingerprint density at radius 3 is 1.48 bits per heavy atom. The van der Waals surface area contributed by atoms with Gasteiger partial charge in [0, 0.05) is 0 Å². The summed E-state index contributed by atoms with van der Waals surface area (Å²) in [4.78, 5) is 0. The first kappa shape index (κ1) is 22.6. The van der Waals surface area contributed by atoms with Crippen molar-refractivity contribution in [2.45, 2.75) is 103 Å². The zero-order valence-corrected chi connectivity index (χ0v) is 16.0. The minimum Gasteiger partial charge on any atom is -0.286 e. The Bertz CT molecular complexity index is 361. The lowest BCUT2D eigenvalue weighted by Gasteiger charge is -2.02. The summed E-state index contributed by atoms with van der Waals surface area (Å²) >= 11 is 0. The smallest absolute Gasteiger partial charge is 0.264 e. The first-order valence-corrected chi connectivity index (χ1v) is 11.3. The van der Waals surface area contributed by atoms with Gasteiger partial charge in [0.05, 0.1) is 5.75 Å². The standard InChI is InChI=1S/C19H38O3S/c1-2-3-4-5-6-7-8-9-10-11-12-13-14-15-16-17-18-19-23(20,21)22/h15-16H,2-14,17-19H2,1H3,(H,20,21,22)/b16-15+. The Hall–Kier alpha value is -0.350. The van der Waals surface area contributed by atoms with Crippen LogP contribution in [0.5, 0.6) is 0 Å². The zero-order valence-electron chi connectivity index (χ0n) is 15.1. The van der Waals surface area contributed by atoms with E-state index in [2.05, 4.69) is 13.0 Å². The topological polar surface area (TPSA) is 54.4 Å². The van der Waals surface area contributed by atoms with E-state index in [4.69, 9.17) is 4.55 Å². The minimum absolute atomic E-state index is 0.129. The normalized spacial score (nSPS) is 12.3. The highest BCUT2D eigenvalue weighted by Crippen LogP contribution is 2.12. The molecule has 0 aliphatic rings. The number of rotatable bonds is 17. The van der Waals surface area contributed by atoms with Gasteiger partial charge in [-0.1, -0.05) is 89.7 Å². The van der Waals surface area contributed by atoms with Crippen LogP contribution in [0.2, 0.25) is 0 Å². The molecule has 0 heterocycles. The number of unbranched alkanes of at least 4 members (excludes halogenated alkanes) is 13. The van der Waals surface area contributed by atoms with Crippen molar-refractivity contribution in [1.29, 1.82) is 0 Å². The first-order chi connectivity index (χ1) is 11.1. The molecule has 0 rings (SSSR count). The second kappa shape index (κ2) is 16.5. The molecular formula is C19H38O3S. The predicted molar refractivity (Wildman–Crippen MR) is 100 cm³/mol. The van der Waals surface area contributed by atoms with Gasteiger partial charge in [0.1, 0.15) is 0 Å². The molecule has 0 aromatic heterocycles. The fraction of sp³-hybridized carbons (Fsp3) is 0.895. The maximum Gasteiger partial charge on any atom is 0.264 e. The molecule has 1 N–H and O–H groups in total. The van der Waals surface area contributed by atoms with Gasteiger partial charge < -0.3 is 0 Å². The average Bonchev–Trinajstić information content (AvgIpc) is 2.49. The van der Waals surface area contributed by atoms with E-state index in [-0.39, 0.29) is 5.75 Å². The van der Waals surface area contributed by atoms with E-state index in [0.717, 1.165) is 12.8 Å². The summed E-state index contributed by atoms with van der Waals surface area (Å²) in [5, 5.41) is 0. The summed E-state index contributed by atoms with van der Waals surface area (Å²) in [6.07, 6.45) is 22.9. The molecule has 3 nitrogen and oxygen atoms in total. The number of hydrogen-bond acceptors (Lipinski definition) is 2. The molecule has 0 bridgehead atoms. The van der Waals surface area contributed by atoms with E-state index in [0.29, 0.717) is 6.42 Å². The highest BCUT2D eigenvalue weighted by molar-refractivity contribution is 7.85. The Balaban J connectivity index is 3.13. The lowest BCUT2D eigenvalue weighted by molar-refractivity contribution is 0.481. The molecule has 23 heavy (non-hydrogen) atoms. The van der Waals surface area contributed by atoms with Crippen molar-refractivity contribution in [3.8, 4) is 0 Å². The summed E-state index contributed by atoms with van der Waals surface area (Å²) in [5.74, 6) is -0.129. The largest absolute Gasteiger partial charge is 0.286 e. The van der Waals surface area contributed by atoms with Gasteiger partial charge in [-0.15, -0.1) is 0 Å². The zero-order chi connectivity index (χ0) is 17.2. The lowest BCUT2D eigenvalue weighted by Crippen LogP contribution is -2.02. The van der Waals surface area contributed by atoms with Gasteiger partial charge in [0.25, 0.3) is 10.1 Å². The van der Waals surface area contributed by atoms with Crippen LogP contribution in [0, 0.1) is 0 Å². The van der Waals surface area contributed by atoms with Crippen LogP contribution >= 0.6 is 0 Å². The molecule has 0 fully saturated rings. The second-order valence-electron chi connectivity index (χ2n) is 6.58. The van der Waals surface area contributed by atoms with Crippen LogP contribution < -0.4 is 0 Å². The van der Waals surface area contributed by atoms with E-state index in [1.165, 1.54) is 77.0 Å². The third-order valence-electron chi connectivity index (χ3n) is 4.16. The van der Waals surface area contributed by atoms with E-state index in [1.54, 1.807) is 0 Å². The van der Waals surface area contributed by atoms with Gasteiger partial charge >= 0.3 is 0 Å². The first-order valence-electron chi connectivity index (χ1n) is 9.66. The Kier molecular flexibility index (Phi) is 16.3. The van der Waals surface area contributed by atoms with Gasteiger partial charge in [-0.3, -0.25) is 4.55 Å². The van der Waals surface area contributed by atoms with Crippen LogP contribution in [-0.2, 0) is 10.1 Å². The van der Waals surface area contributed by atoms with Crippen LogP contribution in [0.3, 0.4) is 0 Å². The summed E-state index contributed by atoms with van der Waals surface area (Å²) in [7, 11) is -3.78. The SMILES string of the molecule is CCCCCCCCCCCCCC/C=C/CCCS(=O)(=O)O. The van der Waals surface area contributed by atoms with Crippen molar-refractivity contribution < 1.29 is 13.0 Å². The molecule has 0 atom stereocenters. The molecular weight excluding hydrogens is 308 g/mol. The molecule has 0 saturated heterocycles. The molecule has 0 aliphatic heterocycles. The van der Waals surface area contributed by atoms with Crippen LogP contribution in [0.4, 0.5) is 0 Å². The van der Waals surface area contributed by atoms with E-state index >= 15 is 0 Å². The van der Waals surface area contributed by atoms with Gasteiger partial charge in [-0.25, -0.2) is 0 Å². The Labute approximate surface area is 144 Å². The third-order valence-corrected chi connectivity index (χ3v) is 4.97. The molecule has 4 heteroatoms. The van der Waals surface area contributed by atoms with Crippen molar-refractivity contribution in [2.75, 3.05) is 5.75 Å². The van der Waals surface area contributed by atoms with Crippen LogP contribution in [0.15, 0.2) is 12.2 Å². The summed E-state index contributed by atoms with van der Waals surface area (Å²) in [6.45, 7) is 2.26. The number of hydrogen-bond donors (Lipinski definition) is 1. The minimum atomic E-state index is -3.78. The Morgan fingerprint density at radius 2 is 1.04 bits per heavy atom. The van der Waals surface area contributed by atoms with Crippen molar-refractivity contribution in [3.63, 3.8) is 0 Å². The van der Waals surface area contributed by atoms with Crippen LogP contribution in [0.1, 0.15) is 103 Å². The summed E-state index contributed by atoms with van der Waals surface area (Å²) in [5.41, 5.74) is 0. The monoisotopic (exact) mass is 346 g/mol. The Morgan fingerprint density at radius 1 is 0.652 bits per heavy atom. The van der Waals surface area contributed by atoms with Gasteiger partial charge in [0.15, 0.2) is 0 Å². The molecule has 0 aromatic rings. The maximum absolute atomic E-state index is 10.5. The van der Waals surface area contributed by atoms with Crippen LogP contribution in [-0.4, -0.2) is 18.7 Å². The molecule has 0 aliphatic carbocycles. The van der Waals surface area contributed by atoms with Crippen molar-refractivity contribution in [2.24, 2.45) is 0 Å². The summed E-state index contributed by atoms with van der Waals surface area (Å²) < 4.78 is 29.6. The van der Waals surface area contributed by atoms with E-state index < -0.39 is 10.1 Å². The predicted octanol–water partition coefficient (Wildman–Crippen LogP) is 6.30. The van der Waals surface area contributed by atoms with Gasteiger partial charge in [-0.2, -0.15) is 8.42 Å². The van der Waals surface area contributed by atoms with Crippen LogP contribution in [0.25, 0.3) is 0 Å². The van der Waals surface area contributed by atoms with Crippen molar-refractivity contribution in [3.05, 3.63) is 12.2 Å². The summed E-state index contributed by atoms with van der Waals surface area (Å²) in [6, 6.07) is 0. The molecule has 0 unspecified atom stereocenters. The molecule has 0 spiro atoms. The highest BCUT2D eigenvalue weighted by Gasteiger charge is 2.01. The molecule has 0 radical (unpaired) electrons. The third kappa shape index (κ3) is 21.6. The van der Waals surface area contributed by atoms with Gasteiger partial charge in [0.2, 0.25) is 0 Å².